The molecule has 1 aromatic heterocycles. The van der Waals surface area contributed by atoms with Gasteiger partial charge >= 0.3 is 0 Å². The van der Waals surface area contributed by atoms with Gasteiger partial charge in [-0.25, -0.2) is 4.68 Å². The van der Waals surface area contributed by atoms with Crippen LogP contribution in [0.15, 0.2) is 36.5 Å². The Morgan fingerprint density at radius 2 is 1.83 bits per heavy atom. The summed E-state index contributed by atoms with van der Waals surface area (Å²) in [6, 6.07) is 9.72. The molecule has 0 aliphatic carbocycles. The largest absolute Gasteiger partial charge is 0.369 e. The highest BCUT2D eigenvalue weighted by atomic mass is 16.2. The van der Waals surface area contributed by atoms with Crippen molar-refractivity contribution >= 4 is 11.8 Å². The van der Waals surface area contributed by atoms with Gasteiger partial charge in [0.25, 0.3) is 5.91 Å². The second-order valence-corrected chi connectivity index (χ2v) is 5.86. The molecule has 0 saturated carbocycles. The van der Waals surface area contributed by atoms with Gasteiger partial charge in [0.05, 0.1) is 23.1 Å². The Hall–Kier alpha value is -2.63. The second-order valence-electron chi connectivity index (χ2n) is 5.86. The van der Waals surface area contributed by atoms with Crippen molar-refractivity contribution in [1.82, 2.24) is 14.7 Å². The van der Waals surface area contributed by atoms with E-state index in [-0.39, 0.29) is 17.7 Å². The number of aromatic nitrogens is 2. The van der Waals surface area contributed by atoms with Gasteiger partial charge in [0.15, 0.2) is 0 Å². The Labute approximate surface area is 134 Å². The summed E-state index contributed by atoms with van der Waals surface area (Å²) in [5, 5.41) is 4.34. The average Bonchev–Trinajstić information content (AvgIpc) is 2.96. The summed E-state index contributed by atoms with van der Waals surface area (Å²) < 4.78 is 1.77. The van der Waals surface area contributed by atoms with Crippen LogP contribution in [-0.4, -0.2) is 39.6 Å². The zero-order valence-electron chi connectivity index (χ0n) is 13.1. The number of rotatable bonds is 3. The molecule has 1 fully saturated rings. The maximum atomic E-state index is 12.7. The van der Waals surface area contributed by atoms with E-state index >= 15 is 0 Å². The molecule has 0 radical (unpaired) electrons. The first-order valence-electron chi connectivity index (χ1n) is 7.76. The van der Waals surface area contributed by atoms with Crippen molar-refractivity contribution in [3.05, 3.63) is 47.8 Å². The third-order valence-electron chi connectivity index (χ3n) is 4.43. The summed E-state index contributed by atoms with van der Waals surface area (Å²) in [6.07, 6.45) is 2.88. The number of hydrogen-bond donors (Lipinski definition) is 1. The molecule has 0 unspecified atom stereocenters. The molecule has 2 amide bonds. The molecule has 1 aliphatic rings. The van der Waals surface area contributed by atoms with E-state index in [1.54, 1.807) is 15.8 Å². The number of likely N-dealkylation sites (tertiary alicyclic amines) is 1. The number of nitrogens with two attached hydrogens (primary N) is 1. The summed E-state index contributed by atoms with van der Waals surface area (Å²) in [7, 11) is 0. The van der Waals surface area contributed by atoms with E-state index in [0.717, 1.165) is 11.4 Å². The van der Waals surface area contributed by atoms with E-state index in [1.807, 2.05) is 37.3 Å². The average molecular weight is 312 g/mol. The van der Waals surface area contributed by atoms with E-state index in [2.05, 4.69) is 5.10 Å². The van der Waals surface area contributed by atoms with E-state index in [1.165, 1.54) is 0 Å². The van der Waals surface area contributed by atoms with Crippen molar-refractivity contribution in [2.24, 2.45) is 11.7 Å². The molecule has 3 rings (SSSR count). The van der Waals surface area contributed by atoms with Crippen molar-refractivity contribution < 1.29 is 9.59 Å². The number of para-hydroxylation sites is 1. The van der Waals surface area contributed by atoms with Crippen molar-refractivity contribution in [2.45, 2.75) is 19.8 Å². The van der Waals surface area contributed by atoms with Crippen LogP contribution in [0, 0.1) is 12.8 Å². The van der Waals surface area contributed by atoms with Crippen LogP contribution in [-0.2, 0) is 4.79 Å². The third kappa shape index (κ3) is 2.97. The molecule has 1 saturated heterocycles. The quantitative estimate of drug-likeness (QED) is 0.933. The number of nitrogens with zero attached hydrogens (tertiary/aromatic N) is 3. The Bertz CT molecular complexity index is 715. The highest BCUT2D eigenvalue weighted by molar-refractivity contribution is 5.95. The molecule has 6 heteroatoms. The van der Waals surface area contributed by atoms with Crippen LogP contribution in [0.3, 0.4) is 0 Å². The predicted molar refractivity (Wildman–Crippen MR) is 86.1 cm³/mol. The molecule has 0 bridgehead atoms. The highest BCUT2D eigenvalue weighted by Crippen LogP contribution is 2.21. The monoisotopic (exact) mass is 312 g/mol. The molecule has 6 nitrogen and oxygen atoms in total. The first-order chi connectivity index (χ1) is 11.1. The fraction of sp³-hybridized carbons (Fsp3) is 0.353. The van der Waals surface area contributed by atoms with Crippen molar-refractivity contribution in [3.63, 3.8) is 0 Å². The Morgan fingerprint density at radius 3 is 2.43 bits per heavy atom. The van der Waals surface area contributed by atoms with Crippen LogP contribution < -0.4 is 5.73 Å². The number of carbonyl (C=O) groups is 2. The summed E-state index contributed by atoms with van der Waals surface area (Å²) in [5.41, 5.74) is 7.68. The minimum Gasteiger partial charge on any atom is -0.369 e. The molecule has 23 heavy (non-hydrogen) atoms. The minimum atomic E-state index is -0.273. The molecule has 2 N–H and O–H groups in total. The van der Waals surface area contributed by atoms with E-state index < -0.39 is 0 Å². The zero-order chi connectivity index (χ0) is 16.4. The Kier molecular flexibility index (Phi) is 4.14. The molecule has 1 aliphatic heterocycles. The van der Waals surface area contributed by atoms with Gasteiger partial charge in [-0.3, -0.25) is 9.59 Å². The lowest BCUT2D eigenvalue weighted by molar-refractivity contribution is -0.123. The van der Waals surface area contributed by atoms with E-state index in [9.17, 15) is 9.59 Å². The minimum absolute atomic E-state index is 0.0346. The number of hydrogen-bond acceptors (Lipinski definition) is 3. The molecule has 0 atom stereocenters. The molecule has 2 heterocycles. The molecular weight excluding hydrogens is 292 g/mol. The number of primary amides is 1. The van der Waals surface area contributed by atoms with Crippen LogP contribution in [0.5, 0.6) is 0 Å². The van der Waals surface area contributed by atoms with Crippen LogP contribution in [0.4, 0.5) is 0 Å². The third-order valence-corrected chi connectivity index (χ3v) is 4.43. The van der Waals surface area contributed by atoms with Gasteiger partial charge in [-0.1, -0.05) is 18.2 Å². The maximum absolute atomic E-state index is 12.7. The van der Waals surface area contributed by atoms with Gasteiger partial charge in [0, 0.05) is 19.0 Å². The number of piperidine rings is 1. The van der Waals surface area contributed by atoms with Crippen LogP contribution >= 0.6 is 0 Å². The zero-order valence-corrected chi connectivity index (χ0v) is 13.1. The van der Waals surface area contributed by atoms with Crippen LogP contribution in [0.2, 0.25) is 0 Å². The summed E-state index contributed by atoms with van der Waals surface area (Å²) in [4.78, 5) is 25.7. The second kappa shape index (κ2) is 6.24. The lowest BCUT2D eigenvalue weighted by Crippen LogP contribution is -2.41. The SMILES string of the molecule is Cc1c(C(=O)N2CCC(C(N)=O)CC2)cnn1-c1ccccc1. The van der Waals surface area contributed by atoms with Crippen LogP contribution in [0.25, 0.3) is 5.69 Å². The summed E-state index contributed by atoms with van der Waals surface area (Å²) >= 11 is 0. The Balaban J connectivity index is 1.77. The summed E-state index contributed by atoms with van der Waals surface area (Å²) in [6.45, 7) is 3.01. The van der Waals surface area contributed by atoms with Gasteiger partial charge in [-0.2, -0.15) is 5.10 Å². The normalized spacial score (nSPS) is 15.6. The number of amides is 2. The van der Waals surface area contributed by atoms with Crippen molar-refractivity contribution in [3.8, 4) is 5.69 Å². The van der Waals surface area contributed by atoms with Crippen molar-refractivity contribution in [2.75, 3.05) is 13.1 Å². The maximum Gasteiger partial charge on any atom is 0.257 e. The van der Waals surface area contributed by atoms with Crippen molar-refractivity contribution in [1.29, 1.82) is 0 Å². The fourth-order valence-corrected chi connectivity index (χ4v) is 2.99. The van der Waals surface area contributed by atoms with Gasteiger partial charge in [-0.15, -0.1) is 0 Å². The van der Waals surface area contributed by atoms with E-state index in [0.29, 0.717) is 31.5 Å². The van der Waals surface area contributed by atoms with Gasteiger partial charge in [0.2, 0.25) is 5.91 Å². The molecule has 1 aromatic carbocycles. The lowest BCUT2D eigenvalue weighted by atomic mass is 9.96. The lowest BCUT2D eigenvalue weighted by Gasteiger charge is -2.30. The molecule has 120 valence electrons. The first kappa shape index (κ1) is 15.3. The van der Waals surface area contributed by atoms with Gasteiger partial charge in [-0.05, 0) is 31.9 Å². The first-order valence-corrected chi connectivity index (χ1v) is 7.76. The van der Waals surface area contributed by atoms with Gasteiger partial charge in [0.1, 0.15) is 0 Å². The summed E-state index contributed by atoms with van der Waals surface area (Å²) in [5.74, 6) is -0.426. The van der Waals surface area contributed by atoms with Gasteiger partial charge < -0.3 is 10.6 Å². The predicted octanol–water partition coefficient (Wildman–Crippen LogP) is 1.52. The molecule has 2 aromatic rings. The fourth-order valence-electron chi connectivity index (χ4n) is 2.99. The van der Waals surface area contributed by atoms with Crippen LogP contribution in [0.1, 0.15) is 28.9 Å². The molecule has 0 spiro atoms. The number of benzene rings is 1. The topological polar surface area (TPSA) is 81.2 Å². The van der Waals surface area contributed by atoms with E-state index in [4.69, 9.17) is 5.73 Å². The number of carbonyl (C=O) groups excluding carboxylic acids is 2. The highest BCUT2D eigenvalue weighted by Gasteiger charge is 2.28. The standard InChI is InChI=1S/C17H20N4O2/c1-12-15(11-19-21(12)14-5-3-2-4-6-14)17(23)20-9-7-13(8-10-20)16(18)22/h2-6,11,13H,7-10H2,1H3,(H2,18,22). The smallest absolute Gasteiger partial charge is 0.257 e. The molecular formula is C17H20N4O2. The Morgan fingerprint density at radius 1 is 1.17 bits per heavy atom.